The summed E-state index contributed by atoms with van der Waals surface area (Å²) in [4.78, 5) is 0.948. The molecule has 0 aliphatic rings. The van der Waals surface area contributed by atoms with Gasteiger partial charge in [0.25, 0.3) is 11.1 Å². The first-order valence-electron chi connectivity index (χ1n) is 6.87. The van der Waals surface area contributed by atoms with E-state index in [1.54, 1.807) is 11.3 Å². The Morgan fingerprint density at radius 2 is 1.83 bits per heavy atom. The van der Waals surface area contributed by atoms with Crippen molar-refractivity contribution >= 4 is 39.0 Å². The molecule has 0 aliphatic heterocycles. The maximum Gasteiger partial charge on any atom is 0.277 e. The normalized spacial score (nSPS) is 11.0. The van der Waals surface area contributed by atoms with Crippen LogP contribution in [0.5, 0.6) is 0 Å². The molecule has 0 spiro atoms. The van der Waals surface area contributed by atoms with E-state index < -0.39 is 0 Å². The monoisotopic (exact) mass is 420 g/mol. The highest BCUT2D eigenvalue weighted by Crippen LogP contribution is 2.30. The summed E-state index contributed by atoms with van der Waals surface area (Å²) >= 11 is 6.39. The van der Waals surface area contributed by atoms with E-state index in [9.17, 15) is 0 Å². The average Bonchev–Trinajstić information content (AvgIpc) is 3.34. The number of halogens is 1. The third kappa shape index (κ3) is 3.28. The van der Waals surface area contributed by atoms with Crippen molar-refractivity contribution in [2.24, 2.45) is 0 Å². The van der Waals surface area contributed by atoms with Gasteiger partial charge in [-0.2, -0.15) is 0 Å². The zero-order valence-electron chi connectivity index (χ0n) is 12.0. The van der Waals surface area contributed by atoms with Crippen molar-refractivity contribution in [2.75, 3.05) is 0 Å². The molecule has 24 heavy (non-hydrogen) atoms. The summed E-state index contributed by atoms with van der Waals surface area (Å²) < 4.78 is 12.2. The van der Waals surface area contributed by atoms with E-state index in [-0.39, 0.29) is 0 Å². The number of thioether (sulfide) groups is 1. The van der Waals surface area contributed by atoms with Crippen LogP contribution in [0.3, 0.4) is 0 Å². The first kappa shape index (κ1) is 15.6. The fourth-order valence-electron chi connectivity index (χ4n) is 1.95. The first-order chi connectivity index (χ1) is 11.8. The molecular formula is C15H9BrN4O2S2. The van der Waals surface area contributed by atoms with Gasteiger partial charge >= 0.3 is 0 Å². The lowest BCUT2D eigenvalue weighted by atomic mass is 10.2. The van der Waals surface area contributed by atoms with Crippen molar-refractivity contribution in [3.05, 3.63) is 52.1 Å². The zero-order valence-corrected chi connectivity index (χ0v) is 15.3. The van der Waals surface area contributed by atoms with Crippen LogP contribution in [-0.4, -0.2) is 20.4 Å². The lowest BCUT2D eigenvalue weighted by Crippen LogP contribution is -1.80. The van der Waals surface area contributed by atoms with E-state index in [2.05, 4.69) is 36.3 Å². The van der Waals surface area contributed by atoms with Gasteiger partial charge in [-0.3, -0.25) is 0 Å². The third-order valence-corrected chi connectivity index (χ3v) is 5.38. The van der Waals surface area contributed by atoms with Crippen molar-refractivity contribution in [3.63, 3.8) is 0 Å². The highest BCUT2D eigenvalue weighted by Gasteiger charge is 2.14. The molecule has 0 bridgehead atoms. The molecule has 0 aliphatic carbocycles. The number of thiophene rings is 1. The molecule has 0 saturated heterocycles. The standard InChI is InChI=1S/C15H9BrN4O2S2/c16-10-5-2-1-4-9(10)13-18-17-12(21-13)8-24-15-20-19-14(22-15)11-6-3-7-23-11/h1-7H,8H2. The number of rotatable bonds is 5. The molecule has 120 valence electrons. The summed E-state index contributed by atoms with van der Waals surface area (Å²) in [5, 5.41) is 18.6. The van der Waals surface area contributed by atoms with Crippen LogP contribution in [0.4, 0.5) is 0 Å². The molecule has 3 aromatic heterocycles. The van der Waals surface area contributed by atoms with Crippen LogP contribution < -0.4 is 0 Å². The van der Waals surface area contributed by atoms with E-state index in [1.807, 2.05) is 41.8 Å². The Kier molecular flexibility index (Phi) is 4.46. The fraction of sp³-hybridized carbons (Fsp3) is 0.0667. The van der Waals surface area contributed by atoms with E-state index in [0.29, 0.717) is 28.6 Å². The predicted molar refractivity (Wildman–Crippen MR) is 94.6 cm³/mol. The van der Waals surface area contributed by atoms with Gasteiger partial charge in [0, 0.05) is 4.47 Å². The molecule has 4 aromatic rings. The molecule has 9 heteroatoms. The van der Waals surface area contributed by atoms with Gasteiger partial charge in [-0.05, 0) is 39.5 Å². The van der Waals surface area contributed by atoms with Crippen molar-refractivity contribution in [2.45, 2.75) is 11.0 Å². The van der Waals surface area contributed by atoms with Gasteiger partial charge in [0.15, 0.2) is 0 Å². The number of benzene rings is 1. The van der Waals surface area contributed by atoms with Gasteiger partial charge in [0.1, 0.15) is 0 Å². The summed E-state index contributed by atoms with van der Waals surface area (Å²) in [6, 6.07) is 11.6. The van der Waals surface area contributed by atoms with Gasteiger partial charge in [-0.25, -0.2) is 0 Å². The minimum atomic E-state index is 0.462. The summed E-state index contributed by atoms with van der Waals surface area (Å²) in [6.07, 6.45) is 0. The maximum atomic E-state index is 5.69. The van der Waals surface area contributed by atoms with Crippen LogP contribution in [0.1, 0.15) is 5.89 Å². The molecule has 0 unspecified atom stereocenters. The lowest BCUT2D eigenvalue weighted by molar-refractivity contribution is 0.465. The summed E-state index contributed by atoms with van der Waals surface area (Å²) in [6.45, 7) is 0. The molecule has 1 aromatic carbocycles. The van der Waals surface area contributed by atoms with Crippen molar-refractivity contribution < 1.29 is 8.83 Å². The number of nitrogens with zero attached hydrogens (tertiary/aromatic N) is 4. The van der Waals surface area contributed by atoms with Crippen LogP contribution in [-0.2, 0) is 5.75 Å². The molecule has 0 fully saturated rings. The number of hydrogen-bond donors (Lipinski definition) is 0. The SMILES string of the molecule is Brc1ccccc1-c1nnc(CSc2nnc(-c3cccs3)o2)o1. The van der Waals surface area contributed by atoms with Crippen molar-refractivity contribution in [1.29, 1.82) is 0 Å². The van der Waals surface area contributed by atoms with Gasteiger partial charge in [-0.15, -0.1) is 31.7 Å². The Hall–Kier alpha value is -1.97. The van der Waals surface area contributed by atoms with Gasteiger partial charge in [0.05, 0.1) is 16.2 Å². The van der Waals surface area contributed by atoms with Crippen LogP contribution >= 0.6 is 39.0 Å². The first-order valence-corrected chi connectivity index (χ1v) is 9.53. The Morgan fingerprint density at radius 1 is 0.958 bits per heavy atom. The molecule has 0 radical (unpaired) electrons. The topological polar surface area (TPSA) is 77.8 Å². The highest BCUT2D eigenvalue weighted by molar-refractivity contribution is 9.10. The summed E-state index contributed by atoms with van der Waals surface area (Å²) in [5.41, 5.74) is 0.860. The molecule has 6 nitrogen and oxygen atoms in total. The second kappa shape index (κ2) is 6.88. The second-order valence-corrected chi connectivity index (χ2v) is 7.35. The molecule has 3 heterocycles. The fourth-order valence-corrected chi connectivity index (χ4v) is 3.65. The van der Waals surface area contributed by atoms with E-state index in [4.69, 9.17) is 8.83 Å². The lowest BCUT2D eigenvalue weighted by Gasteiger charge is -1.97. The van der Waals surface area contributed by atoms with Crippen LogP contribution in [0.25, 0.3) is 22.2 Å². The highest BCUT2D eigenvalue weighted by atomic mass is 79.9. The van der Waals surface area contributed by atoms with Crippen LogP contribution in [0.2, 0.25) is 0 Å². The Morgan fingerprint density at radius 3 is 2.67 bits per heavy atom. The summed E-state index contributed by atoms with van der Waals surface area (Å²) in [7, 11) is 0. The smallest absolute Gasteiger partial charge is 0.277 e. The van der Waals surface area contributed by atoms with Crippen LogP contribution in [0.15, 0.2) is 60.3 Å². The van der Waals surface area contributed by atoms with Gasteiger partial charge < -0.3 is 8.83 Å². The Bertz CT molecular complexity index is 952. The maximum absolute atomic E-state index is 5.69. The number of hydrogen-bond acceptors (Lipinski definition) is 8. The van der Waals surface area contributed by atoms with Crippen LogP contribution in [0, 0.1) is 0 Å². The van der Waals surface area contributed by atoms with Crippen molar-refractivity contribution in [1.82, 2.24) is 20.4 Å². The average molecular weight is 421 g/mol. The predicted octanol–water partition coefficient (Wildman–Crippen LogP) is 4.90. The summed E-state index contributed by atoms with van der Waals surface area (Å²) in [5.74, 6) is 1.96. The largest absolute Gasteiger partial charge is 0.420 e. The Labute approximate surface area is 153 Å². The zero-order chi connectivity index (χ0) is 16.4. The van der Waals surface area contributed by atoms with Crippen molar-refractivity contribution in [3.8, 4) is 22.2 Å². The van der Waals surface area contributed by atoms with E-state index in [1.165, 1.54) is 11.8 Å². The minimum absolute atomic E-state index is 0.462. The third-order valence-electron chi connectivity index (χ3n) is 3.03. The molecule has 0 atom stereocenters. The van der Waals surface area contributed by atoms with Gasteiger partial charge in [0.2, 0.25) is 11.8 Å². The van der Waals surface area contributed by atoms with E-state index in [0.717, 1.165) is 14.9 Å². The van der Waals surface area contributed by atoms with E-state index >= 15 is 0 Å². The molecule has 0 saturated carbocycles. The molecular weight excluding hydrogens is 412 g/mol. The quantitative estimate of drug-likeness (QED) is 0.424. The molecule has 0 N–H and O–H groups in total. The number of aromatic nitrogens is 4. The van der Waals surface area contributed by atoms with Gasteiger partial charge in [-0.1, -0.05) is 30.0 Å². The second-order valence-electron chi connectivity index (χ2n) is 4.62. The molecule has 4 rings (SSSR count). The Balaban J connectivity index is 1.45. The molecule has 0 amide bonds. The minimum Gasteiger partial charge on any atom is -0.420 e.